The Labute approximate surface area is 196 Å². The molecular formula is C26H36N6O. The summed E-state index contributed by atoms with van der Waals surface area (Å²) in [5.41, 5.74) is 3.27. The number of amides is 1. The monoisotopic (exact) mass is 448 g/mol. The van der Waals surface area contributed by atoms with E-state index in [9.17, 15) is 4.79 Å². The number of anilines is 1. The maximum Gasteiger partial charge on any atom is 0.224 e. The number of nitrogens with one attached hydrogen (secondary N) is 2. The average molecular weight is 449 g/mol. The van der Waals surface area contributed by atoms with Crippen LogP contribution >= 0.6 is 0 Å². The molecule has 0 spiro atoms. The van der Waals surface area contributed by atoms with Gasteiger partial charge in [-0.3, -0.25) is 9.69 Å². The van der Waals surface area contributed by atoms with Crippen LogP contribution in [0.15, 0.2) is 18.2 Å². The van der Waals surface area contributed by atoms with E-state index in [1.165, 1.54) is 44.2 Å². The molecule has 33 heavy (non-hydrogen) atoms. The van der Waals surface area contributed by atoms with Crippen molar-refractivity contribution in [2.24, 2.45) is 5.92 Å². The number of aryl methyl sites for hydroxylation is 1. The number of rotatable bonds is 6. The number of nitrogens with zero attached hydrogens (tertiary/aromatic N) is 4. The molecule has 2 atom stereocenters. The van der Waals surface area contributed by atoms with Gasteiger partial charge in [-0.15, -0.1) is 0 Å². The summed E-state index contributed by atoms with van der Waals surface area (Å²) >= 11 is 0. The van der Waals surface area contributed by atoms with Crippen LogP contribution in [0.5, 0.6) is 0 Å². The van der Waals surface area contributed by atoms with Gasteiger partial charge >= 0.3 is 0 Å². The minimum Gasteiger partial charge on any atom is -0.354 e. The smallest absolute Gasteiger partial charge is 0.224 e. The van der Waals surface area contributed by atoms with Crippen molar-refractivity contribution in [1.29, 1.82) is 0 Å². The van der Waals surface area contributed by atoms with Gasteiger partial charge in [-0.05, 0) is 64.1 Å². The maximum absolute atomic E-state index is 13.0. The topological polar surface area (TPSA) is 77.2 Å². The molecule has 176 valence electrons. The SMILES string of the molecule is Cc1nc(-c2cccc(N3CC[C@@H](NC(=O)[C@H]4CCN(C5CCCC5)C4)C3)n2)[nH]c1C1CC1. The molecule has 0 radical (unpaired) electrons. The van der Waals surface area contributed by atoms with E-state index in [2.05, 4.69) is 39.2 Å². The van der Waals surface area contributed by atoms with Gasteiger partial charge in [0.05, 0.1) is 11.6 Å². The number of hydrogen-bond donors (Lipinski definition) is 2. The van der Waals surface area contributed by atoms with E-state index in [-0.39, 0.29) is 17.9 Å². The molecule has 2 saturated heterocycles. The largest absolute Gasteiger partial charge is 0.354 e. The third-order valence-electron chi connectivity index (χ3n) is 8.18. The molecule has 2 aromatic rings. The summed E-state index contributed by atoms with van der Waals surface area (Å²) in [4.78, 5) is 31.0. The minimum atomic E-state index is 0.156. The zero-order valence-corrected chi connectivity index (χ0v) is 19.7. The van der Waals surface area contributed by atoms with E-state index in [0.717, 1.165) is 68.1 Å². The predicted molar refractivity (Wildman–Crippen MR) is 129 cm³/mol. The van der Waals surface area contributed by atoms with Gasteiger partial charge in [-0.2, -0.15) is 0 Å². The van der Waals surface area contributed by atoms with Gasteiger partial charge < -0.3 is 15.2 Å². The number of aromatic nitrogens is 3. The summed E-state index contributed by atoms with van der Waals surface area (Å²) in [6, 6.07) is 7.09. The molecule has 1 amide bonds. The molecule has 6 rings (SSSR count). The lowest BCUT2D eigenvalue weighted by atomic mass is 10.1. The number of imidazole rings is 1. The average Bonchev–Trinajstić information content (AvgIpc) is 3.29. The van der Waals surface area contributed by atoms with Crippen LogP contribution < -0.4 is 10.2 Å². The van der Waals surface area contributed by atoms with Gasteiger partial charge in [-0.1, -0.05) is 18.9 Å². The number of H-pyrrole nitrogens is 1. The molecule has 0 bridgehead atoms. The Balaban J connectivity index is 1.06. The van der Waals surface area contributed by atoms with E-state index < -0.39 is 0 Å². The van der Waals surface area contributed by atoms with E-state index in [1.807, 2.05) is 6.07 Å². The van der Waals surface area contributed by atoms with Crippen LogP contribution in [0.25, 0.3) is 11.5 Å². The van der Waals surface area contributed by atoms with Crippen LogP contribution in [0, 0.1) is 12.8 Å². The van der Waals surface area contributed by atoms with Crippen molar-refractivity contribution in [3.63, 3.8) is 0 Å². The lowest BCUT2D eigenvalue weighted by Gasteiger charge is -2.23. The van der Waals surface area contributed by atoms with Gasteiger partial charge in [0.25, 0.3) is 0 Å². The second-order valence-corrected chi connectivity index (χ2v) is 10.6. The molecule has 7 nitrogen and oxygen atoms in total. The zero-order chi connectivity index (χ0) is 22.4. The van der Waals surface area contributed by atoms with E-state index in [0.29, 0.717) is 5.92 Å². The molecule has 7 heteroatoms. The molecule has 4 heterocycles. The molecular weight excluding hydrogens is 412 g/mol. The Hall–Kier alpha value is -2.41. The lowest BCUT2D eigenvalue weighted by Crippen LogP contribution is -2.42. The van der Waals surface area contributed by atoms with Crippen molar-refractivity contribution in [3.8, 4) is 11.5 Å². The first-order valence-corrected chi connectivity index (χ1v) is 13.0. The quantitative estimate of drug-likeness (QED) is 0.706. The minimum absolute atomic E-state index is 0.156. The van der Waals surface area contributed by atoms with Gasteiger partial charge in [0.15, 0.2) is 5.82 Å². The lowest BCUT2D eigenvalue weighted by molar-refractivity contribution is -0.125. The number of hydrogen-bond acceptors (Lipinski definition) is 5. The molecule has 4 fully saturated rings. The molecule has 2 aliphatic carbocycles. The van der Waals surface area contributed by atoms with Crippen LogP contribution in [-0.4, -0.2) is 64.0 Å². The Morgan fingerprint density at radius 2 is 1.88 bits per heavy atom. The summed E-state index contributed by atoms with van der Waals surface area (Å²) in [7, 11) is 0. The Kier molecular flexibility index (Phi) is 5.60. The van der Waals surface area contributed by atoms with Gasteiger partial charge in [0, 0.05) is 43.3 Å². The molecule has 2 aromatic heterocycles. The Morgan fingerprint density at radius 3 is 2.70 bits per heavy atom. The second-order valence-electron chi connectivity index (χ2n) is 10.6. The van der Waals surface area contributed by atoms with E-state index >= 15 is 0 Å². The number of aromatic amines is 1. The van der Waals surface area contributed by atoms with Crippen molar-refractivity contribution < 1.29 is 4.79 Å². The highest BCUT2D eigenvalue weighted by atomic mass is 16.2. The summed E-state index contributed by atoms with van der Waals surface area (Å²) in [6.45, 7) is 5.87. The van der Waals surface area contributed by atoms with E-state index in [4.69, 9.17) is 9.97 Å². The second kappa shape index (κ2) is 8.75. The van der Waals surface area contributed by atoms with Crippen molar-refractivity contribution in [1.82, 2.24) is 25.2 Å². The fourth-order valence-electron chi connectivity index (χ4n) is 6.10. The summed E-state index contributed by atoms with van der Waals surface area (Å²) in [5.74, 6) is 2.90. The number of carbonyl (C=O) groups is 1. The third kappa shape index (κ3) is 4.39. The highest BCUT2D eigenvalue weighted by Crippen LogP contribution is 2.41. The zero-order valence-electron chi connectivity index (χ0n) is 19.7. The van der Waals surface area contributed by atoms with Crippen molar-refractivity contribution in [2.45, 2.75) is 76.3 Å². The van der Waals surface area contributed by atoms with Crippen LogP contribution in [0.2, 0.25) is 0 Å². The highest BCUT2D eigenvalue weighted by Gasteiger charge is 2.35. The summed E-state index contributed by atoms with van der Waals surface area (Å²) in [6.07, 6.45) is 9.84. The fraction of sp³-hybridized carbons (Fsp3) is 0.654. The Morgan fingerprint density at radius 1 is 1.03 bits per heavy atom. The Bertz CT molecular complexity index is 1010. The normalized spacial score (nSPS) is 26.4. The predicted octanol–water partition coefficient (Wildman–Crippen LogP) is 3.62. The number of pyridine rings is 1. The molecule has 4 aliphatic rings. The number of likely N-dealkylation sites (tertiary alicyclic amines) is 1. The molecule has 2 N–H and O–H groups in total. The molecule has 0 aromatic carbocycles. The highest BCUT2D eigenvalue weighted by molar-refractivity contribution is 5.79. The van der Waals surface area contributed by atoms with Crippen LogP contribution in [0.1, 0.15) is 68.7 Å². The standard InChI is InChI=1S/C26H36N6O/c1-17-24(18-9-10-18)30-25(27-17)22-7-4-8-23(29-22)32-14-12-20(16-32)28-26(33)19-11-13-31(15-19)21-5-2-3-6-21/h4,7-8,18-21H,2-3,5-6,9-16H2,1H3,(H,27,30)(H,28,33)/t19-,20+/m0/s1. The van der Waals surface area contributed by atoms with Gasteiger partial charge in [-0.25, -0.2) is 9.97 Å². The summed E-state index contributed by atoms with van der Waals surface area (Å²) in [5, 5.41) is 3.35. The first kappa shape index (κ1) is 21.1. The summed E-state index contributed by atoms with van der Waals surface area (Å²) < 4.78 is 0. The van der Waals surface area contributed by atoms with Crippen molar-refractivity contribution >= 4 is 11.7 Å². The molecule has 2 aliphatic heterocycles. The van der Waals surface area contributed by atoms with Gasteiger partial charge in [0.1, 0.15) is 11.5 Å². The third-order valence-corrected chi connectivity index (χ3v) is 8.18. The molecule has 0 unspecified atom stereocenters. The van der Waals surface area contributed by atoms with Crippen molar-refractivity contribution in [2.75, 3.05) is 31.1 Å². The molecule has 2 saturated carbocycles. The van der Waals surface area contributed by atoms with Crippen molar-refractivity contribution in [3.05, 3.63) is 29.6 Å². The number of carbonyl (C=O) groups excluding carboxylic acids is 1. The first-order chi connectivity index (χ1) is 16.1. The van der Waals surface area contributed by atoms with E-state index in [1.54, 1.807) is 0 Å². The van der Waals surface area contributed by atoms with Gasteiger partial charge in [0.2, 0.25) is 5.91 Å². The van der Waals surface area contributed by atoms with Crippen LogP contribution in [-0.2, 0) is 4.79 Å². The van der Waals surface area contributed by atoms with Crippen LogP contribution in [0.4, 0.5) is 5.82 Å². The first-order valence-electron chi connectivity index (χ1n) is 13.0. The maximum atomic E-state index is 13.0. The fourth-order valence-corrected chi connectivity index (χ4v) is 6.10. The van der Waals surface area contributed by atoms with Crippen LogP contribution in [0.3, 0.4) is 0 Å².